The number of ether oxygens (including phenoxy) is 1. The van der Waals surface area contributed by atoms with Crippen LogP contribution in [0.2, 0.25) is 0 Å². The fourth-order valence-corrected chi connectivity index (χ4v) is 4.04. The molecular formula is C23H34N2O3. The molecule has 1 aliphatic heterocycles. The van der Waals surface area contributed by atoms with Crippen LogP contribution in [0.25, 0.3) is 11.3 Å². The second kappa shape index (κ2) is 7.78. The molecule has 0 fully saturated rings. The first-order valence-corrected chi connectivity index (χ1v) is 10.5. The van der Waals surface area contributed by atoms with Gasteiger partial charge in [0, 0.05) is 11.8 Å². The molecule has 3 rings (SSSR count). The Labute approximate surface area is 168 Å². The van der Waals surface area contributed by atoms with Gasteiger partial charge in [-0.3, -0.25) is 4.68 Å². The highest BCUT2D eigenvalue weighted by Gasteiger charge is 2.38. The minimum absolute atomic E-state index is 0.0197. The van der Waals surface area contributed by atoms with Crippen LogP contribution in [0.4, 0.5) is 0 Å². The molecule has 0 saturated carbocycles. The molecule has 0 amide bonds. The van der Waals surface area contributed by atoms with Gasteiger partial charge in [-0.25, -0.2) is 0 Å². The highest BCUT2D eigenvalue weighted by molar-refractivity contribution is 5.79. The molecule has 1 aromatic carbocycles. The molecule has 28 heavy (non-hydrogen) atoms. The van der Waals surface area contributed by atoms with E-state index in [1.807, 2.05) is 26.1 Å². The van der Waals surface area contributed by atoms with Gasteiger partial charge in [-0.2, -0.15) is 5.10 Å². The maximum Gasteiger partial charge on any atom is 0.134 e. The van der Waals surface area contributed by atoms with Crippen molar-refractivity contribution in [3.05, 3.63) is 29.5 Å². The number of aromatic hydroxyl groups is 1. The predicted octanol–water partition coefficient (Wildman–Crippen LogP) is 5.12. The Morgan fingerprint density at radius 1 is 1.18 bits per heavy atom. The summed E-state index contributed by atoms with van der Waals surface area (Å²) in [6.07, 6.45) is 7.90. The third-order valence-electron chi connectivity index (χ3n) is 5.86. The molecule has 0 radical (unpaired) electrons. The molecule has 0 atom stereocenters. The Balaban J connectivity index is 1.98. The summed E-state index contributed by atoms with van der Waals surface area (Å²) in [5, 5.41) is 24.8. The molecule has 154 valence electrons. The molecule has 2 aromatic rings. The van der Waals surface area contributed by atoms with Crippen molar-refractivity contribution in [3.63, 3.8) is 0 Å². The second-order valence-electron chi connectivity index (χ2n) is 9.05. The average molecular weight is 387 g/mol. The van der Waals surface area contributed by atoms with E-state index >= 15 is 0 Å². The van der Waals surface area contributed by atoms with Gasteiger partial charge in [-0.15, -0.1) is 0 Å². The minimum Gasteiger partial charge on any atom is -0.507 e. The van der Waals surface area contributed by atoms with E-state index in [1.54, 1.807) is 4.68 Å². The lowest BCUT2D eigenvalue weighted by molar-refractivity contribution is 0.105. The number of hydrogen-bond acceptors (Lipinski definition) is 4. The van der Waals surface area contributed by atoms with E-state index in [-0.39, 0.29) is 17.8 Å². The number of fused-ring (bicyclic) bond motifs is 3. The molecule has 0 saturated heterocycles. The highest BCUT2D eigenvalue weighted by atomic mass is 16.5. The van der Waals surface area contributed by atoms with Crippen LogP contribution in [0.3, 0.4) is 0 Å². The lowest BCUT2D eigenvalue weighted by atomic mass is 9.78. The van der Waals surface area contributed by atoms with Crippen molar-refractivity contribution < 1.29 is 14.9 Å². The van der Waals surface area contributed by atoms with E-state index in [2.05, 4.69) is 31.9 Å². The zero-order valence-electron chi connectivity index (χ0n) is 17.9. The molecule has 0 spiro atoms. The summed E-state index contributed by atoms with van der Waals surface area (Å²) in [6.45, 7) is 11.2. The van der Waals surface area contributed by atoms with Crippen LogP contribution in [-0.4, -0.2) is 26.6 Å². The van der Waals surface area contributed by atoms with Crippen LogP contribution in [0.5, 0.6) is 11.5 Å². The number of phenols is 1. The summed E-state index contributed by atoms with van der Waals surface area (Å²) >= 11 is 0. The smallest absolute Gasteiger partial charge is 0.134 e. The van der Waals surface area contributed by atoms with E-state index in [4.69, 9.17) is 4.74 Å². The van der Waals surface area contributed by atoms with Gasteiger partial charge in [-0.05, 0) is 43.4 Å². The molecule has 1 aromatic heterocycles. The molecule has 1 aliphatic rings. The monoisotopic (exact) mass is 386 g/mol. The van der Waals surface area contributed by atoms with Crippen LogP contribution in [0.15, 0.2) is 18.3 Å². The molecule has 2 N–H and O–H groups in total. The molecule has 5 heteroatoms. The third-order valence-corrected chi connectivity index (χ3v) is 5.86. The number of phenolic OH excluding ortho intramolecular Hbond substituents is 1. The molecule has 0 bridgehead atoms. The van der Waals surface area contributed by atoms with Crippen molar-refractivity contribution in [1.82, 2.24) is 9.78 Å². The maximum absolute atomic E-state index is 10.9. The first-order chi connectivity index (χ1) is 13.2. The van der Waals surface area contributed by atoms with Gasteiger partial charge in [0.05, 0.1) is 18.7 Å². The Bertz CT molecular complexity index is 837. The number of hydrogen-bond donors (Lipinski definition) is 2. The lowest BCUT2D eigenvalue weighted by Crippen LogP contribution is -2.29. The molecule has 5 nitrogen and oxygen atoms in total. The number of aliphatic hydroxyl groups is 1. The summed E-state index contributed by atoms with van der Waals surface area (Å²) in [7, 11) is 0. The minimum atomic E-state index is -0.549. The topological polar surface area (TPSA) is 67.5 Å². The third kappa shape index (κ3) is 3.90. The zero-order valence-corrected chi connectivity index (χ0v) is 17.9. The standard InChI is InChI=1S/C23H34N2O3/c1-6-7-8-9-10-22(2,3)16-13-18(27)20-19(14-16)28-23(4,5)17-15-25(11-12-26)24-21(17)20/h13-15,26-27H,6-12H2,1-5H3. The van der Waals surface area contributed by atoms with E-state index in [1.165, 1.54) is 25.7 Å². The fraction of sp³-hybridized carbons (Fsp3) is 0.609. The number of rotatable bonds is 8. The number of aromatic nitrogens is 2. The van der Waals surface area contributed by atoms with Crippen molar-refractivity contribution >= 4 is 0 Å². The number of benzene rings is 1. The number of unbranched alkanes of at least 4 members (excludes halogenated alkanes) is 3. The molecule has 2 heterocycles. The summed E-state index contributed by atoms with van der Waals surface area (Å²) in [5.74, 6) is 0.892. The van der Waals surface area contributed by atoms with Gasteiger partial charge >= 0.3 is 0 Å². The number of aliphatic hydroxyl groups excluding tert-OH is 1. The van der Waals surface area contributed by atoms with Gasteiger partial charge in [0.1, 0.15) is 22.8 Å². The summed E-state index contributed by atoms with van der Waals surface area (Å²) in [5.41, 5.74) is 2.82. The van der Waals surface area contributed by atoms with Crippen molar-refractivity contribution in [1.29, 1.82) is 0 Å². The van der Waals surface area contributed by atoms with Crippen LogP contribution in [0.1, 0.15) is 77.8 Å². The van der Waals surface area contributed by atoms with Crippen molar-refractivity contribution in [2.24, 2.45) is 0 Å². The average Bonchev–Trinajstić information content (AvgIpc) is 3.03. The normalized spacial score (nSPS) is 15.1. The summed E-state index contributed by atoms with van der Waals surface area (Å²) in [4.78, 5) is 0. The zero-order chi connectivity index (χ0) is 20.5. The second-order valence-corrected chi connectivity index (χ2v) is 9.05. The van der Waals surface area contributed by atoms with E-state index in [0.29, 0.717) is 17.9 Å². The Morgan fingerprint density at radius 2 is 1.93 bits per heavy atom. The SMILES string of the molecule is CCCCCCC(C)(C)c1cc(O)c2c(c1)OC(C)(C)c1cn(CCO)nc1-2. The van der Waals surface area contributed by atoms with Gasteiger partial charge in [0.2, 0.25) is 0 Å². The van der Waals surface area contributed by atoms with E-state index < -0.39 is 5.60 Å². The highest BCUT2D eigenvalue weighted by Crippen LogP contribution is 2.50. The van der Waals surface area contributed by atoms with Crippen molar-refractivity contribution in [2.45, 2.75) is 84.3 Å². The van der Waals surface area contributed by atoms with Gasteiger partial charge in [0.15, 0.2) is 0 Å². The first-order valence-electron chi connectivity index (χ1n) is 10.5. The largest absolute Gasteiger partial charge is 0.507 e. The number of nitrogens with zero attached hydrogens (tertiary/aromatic N) is 2. The van der Waals surface area contributed by atoms with Gasteiger partial charge in [0.25, 0.3) is 0 Å². The molecule has 0 aliphatic carbocycles. The van der Waals surface area contributed by atoms with Crippen LogP contribution < -0.4 is 4.74 Å². The van der Waals surface area contributed by atoms with Crippen LogP contribution >= 0.6 is 0 Å². The van der Waals surface area contributed by atoms with Gasteiger partial charge in [-0.1, -0.05) is 46.5 Å². The van der Waals surface area contributed by atoms with E-state index in [0.717, 1.165) is 23.2 Å². The fourth-order valence-electron chi connectivity index (χ4n) is 4.04. The van der Waals surface area contributed by atoms with Crippen LogP contribution in [0, 0.1) is 0 Å². The van der Waals surface area contributed by atoms with E-state index in [9.17, 15) is 10.2 Å². The Hall–Kier alpha value is -2.01. The molecule has 0 unspecified atom stereocenters. The first kappa shape index (κ1) is 20.7. The quantitative estimate of drug-likeness (QED) is 0.618. The Kier molecular flexibility index (Phi) is 5.76. The Morgan fingerprint density at radius 3 is 2.61 bits per heavy atom. The maximum atomic E-state index is 10.9. The summed E-state index contributed by atoms with van der Waals surface area (Å²) < 4.78 is 8.04. The predicted molar refractivity (Wildman–Crippen MR) is 112 cm³/mol. The van der Waals surface area contributed by atoms with Gasteiger partial charge < -0.3 is 14.9 Å². The van der Waals surface area contributed by atoms with Crippen molar-refractivity contribution in [3.8, 4) is 22.8 Å². The van der Waals surface area contributed by atoms with Crippen LogP contribution in [-0.2, 0) is 17.6 Å². The lowest BCUT2D eigenvalue weighted by Gasteiger charge is -2.34. The van der Waals surface area contributed by atoms with Crippen molar-refractivity contribution in [2.75, 3.05) is 6.61 Å². The molecular weight excluding hydrogens is 352 g/mol. The summed E-state index contributed by atoms with van der Waals surface area (Å²) in [6, 6.07) is 3.94.